The summed E-state index contributed by atoms with van der Waals surface area (Å²) >= 11 is 0. The Morgan fingerprint density at radius 1 is 0.951 bits per heavy atom. The van der Waals surface area contributed by atoms with Crippen LogP contribution < -0.4 is 20.9 Å². The molecular formula is C34H48N4O3. The SMILES string of the molecule is CCCC[C@H](C(N)=O)[C@@H](CC(C)C)C(=O)NC1CN(c2ccccc2)c2ccccc2N(CC2CCCCC2)C1=O. The molecule has 0 aromatic heterocycles. The topological polar surface area (TPSA) is 95.7 Å². The van der Waals surface area contributed by atoms with Gasteiger partial charge in [-0.2, -0.15) is 0 Å². The first-order chi connectivity index (χ1) is 19.8. The lowest BCUT2D eigenvalue weighted by molar-refractivity contribution is -0.136. The van der Waals surface area contributed by atoms with Crippen LogP contribution in [0, 0.1) is 23.7 Å². The Morgan fingerprint density at radius 3 is 2.24 bits per heavy atom. The van der Waals surface area contributed by atoms with Crippen molar-refractivity contribution in [3.05, 3.63) is 54.6 Å². The maximum Gasteiger partial charge on any atom is 0.251 e. The van der Waals surface area contributed by atoms with Gasteiger partial charge < -0.3 is 20.9 Å². The summed E-state index contributed by atoms with van der Waals surface area (Å²) in [7, 11) is 0. The minimum Gasteiger partial charge on any atom is -0.369 e. The van der Waals surface area contributed by atoms with E-state index in [0.29, 0.717) is 31.8 Å². The molecule has 7 nitrogen and oxygen atoms in total. The Kier molecular flexibility index (Phi) is 10.8. The summed E-state index contributed by atoms with van der Waals surface area (Å²) in [5.41, 5.74) is 8.65. The number of para-hydroxylation sites is 3. The third kappa shape index (κ3) is 7.69. The van der Waals surface area contributed by atoms with E-state index in [1.165, 1.54) is 19.3 Å². The van der Waals surface area contributed by atoms with Gasteiger partial charge >= 0.3 is 0 Å². The first-order valence-electron chi connectivity index (χ1n) is 15.6. The zero-order chi connectivity index (χ0) is 29.4. The minimum atomic E-state index is -0.770. The van der Waals surface area contributed by atoms with Crippen LogP contribution in [0.3, 0.4) is 0 Å². The first-order valence-corrected chi connectivity index (χ1v) is 15.6. The number of carbonyl (C=O) groups excluding carboxylic acids is 3. The predicted molar refractivity (Wildman–Crippen MR) is 166 cm³/mol. The largest absolute Gasteiger partial charge is 0.369 e. The van der Waals surface area contributed by atoms with Crippen LogP contribution in [0.25, 0.3) is 0 Å². The Balaban J connectivity index is 1.71. The van der Waals surface area contributed by atoms with E-state index in [9.17, 15) is 14.4 Å². The smallest absolute Gasteiger partial charge is 0.251 e. The molecule has 222 valence electrons. The molecule has 1 saturated carbocycles. The number of benzene rings is 2. The summed E-state index contributed by atoms with van der Waals surface area (Å²) in [5.74, 6) is -1.29. The van der Waals surface area contributed by atoms with Gasteiger partial charge in [0.05, 0.1) is 17.9 Å². The van der Waals surface area contributed by atoms with E-state index in [4.69, 9.17) is 5.73 Å². The molecule has 3 N–H and O–H groups in total. The second kappa shape index (κ2) is 14.5. The van der Waals surface area contributed by atoms with Gasteiger partial charge in [-0.1, -0.05) is 83.2 Å². The van der Waals surface area contributed by atoms with Crippen molar-refractivity contribution in [2.24, 2.45) is 29.4 Å². The summed E-state index contributed by atoms with van der Waals surface area (Å²) in [6, 6.07) is 17.3. The second-order valence-electron chi connectivity index (χ2n) is 12.3. The molecule has 4 rings (SSSR count). The highest BCUT2D eigenvalue weighted by atomic mass is 16.2. The summed E-state index contributed by atoms with van der Waals surface area (Å²) in [5, 5.41) is 3.15. The van der Waals surface area contributed by atoms with Crippen molar-refractivity contribution < 1.29 is 14.4 Å². The lowest BCUT2D eigenvalue weighted by atomic mass is 9.81. The molecule has 0 saturated heterocycles. The number of hydrogen-bond donors (Lipinski definition) is 2. The number of nitrogens with zero attached hydrogens (tertiary/aromatic N) is 2. The van der Waals surface area contributed by atoms with Gasteiger partial charge in [-0.05, 0) is 61.8 Å². The monoisotopic (exact) mass is 560 g/mol. The lowest BCUT2D eigenvalue weighted by Gasteiger charge is -2.32. The number of unbranched alkanes of at least 4 members (excludes halogenated alkanes) is 1. The zero-order valence-corrected chi connectivity index (χ0v) is 25.1. The molecule has 1 aliphatic carbocycles. The van der Waals surface area contributed by atoms with Gasteiger partial charge in [0.2, 0.25) is 11.8 Å². The molecule has 0 spiro atoms. The van der Waals surface area contributed by atoms with Crippen molar-refractivity contribution in [1.29, 1.82) is 0 Å². The third-order valence-corrected chi connectivity index (χ3v) is 8.72. The van der Waals surface area contributed by atoms with Crippen molar-refractivity contribution >= 4 is 34.8 Å². The van der Waals surface area contributed by atoms with Crippen molar-refractivity contribution in [3.8, 4) is 0 Å². The molecule has 7 heteroatoms. The predicted octanol–water partition coefficient (Wildman–Crippen LogP) is 6.19. The Hall–Kier alpha value is -3.35. The quantitative estimate of drug-likeness (QED) is 0.324. The lowest BCUT2D eigenvalue weighted by Crippen LogP contribution is -2.55. The van der Waals surface area contributed by atoms with E-state index in [1.807, 2.05) is 53.4 Å². The number of carbonyl (C=O) groups is 3. The van der Waals surface area contributed by atoms with Crippen LogP contribution in [-0.2, 0) is 14.4 Å². The second-order valence-corrected chi connectivity index (χ2v) is 12.3. The average molecular weight is 561 g/mol. The van der Waals surface area contributed by atoms with Crippen molar-refractivity contribution in [3.63, 3.8) is 0 Å². The number of anilines is 3. The van der Waals surface area contributed by atoms with E-state index in [2.05, 4.69) is 37.1 Å². The van der Waals surface area contributed by atoms with Gasteiger partial charge in [-0.3, -0.25) is 14.4 Å². The number of fused-ring (bicyclic) bond motifs is 1. The van der Waals surface area contributed by atoms with E-state index < -0.39 is 23.8 Å². The Bertz CT molecular complexity index is 1160. The molecule has 1 fully saturated rings. The van der Waals surface area contributed by atoms with Gasteiger partial charge in [-0.15, -0.1) is 0 Å². The fourth-order valence-electron chi connectivity index (χ4n) is 6.57. The maximum absolute atomic E-state index is 14.4. The van der Waals surface area contributed by atoms with Crippen LogP contribution in [0.2, 0.25) is 0 Å². The molecule has 41 heavy (non-hydrogen) atoms. The summed E-state index contributed by atoms with van der Waals surface area (Å²) in [4.78, 5) is 45.0. The van der Waals surface area contributed by atoms with Crippen molar-refractivity contribution in [2.45, 2.75) is 84.6 Å². The number of hydrogen-bond acceptors (Lipinski definition) is 4. The minimum absolute atomic E-state index is 0.0951. The first kappa shape index (κ1) is 30.6. The number of primary amides is 1. The molecule has 1 aliphatic heterocycles. The van der Waals surface area contributed by atoms with E-state index >= 15 is 0 Å². The summed E-state index contributed by atoms with van der Waals surface area (Å²) in [6.45, 7) is 7.11. The maximum atomic E-state index is 14.4. The fraction of sp³-hybridized carbons (Fsp3) is 0.559. The molecule has 2 aromatic carbocycles. The van der Waals surface area contributed by atoms with Gasteiger partial charge in [-0.25, -0.2) is 0 Å². The highest BCUT2D eigenvalue weighted by Gasteiger charge is 2.39. The van der Waals surface area contributed by atoms with Crippen LogP contribution >= 0.6 is 0 Å². The van der Waals surface area contributed by atoms with E-state index in [0.717, 1.165) is 42.7 Å². The van der Waals surface area contributed by atoms with Gasteiger partial charge in [0.25, 0.3) is 5.91 Å². The van der Waals surface area contributed by atoms with E-state index in [-0.39, 0.29) is 17.7 Å². The molecule has 3 amide bonds. The van der Waals surface area contributed by atoms with Crippen LogP contribution in [0.1, 0.15) is 78.6 Å². The summed E-state index contributed by atoms with van der Waals surface area (Å²) < 4.78 is 0. The standard InChI is InChI=1S/C34H48N4O3/c1-4-5-18-27(32(35)39)28(21-24(2)3)33(40)36-29-23-37(26-16-10-7-11-17-26)30-19-12-13-20-31(30)38(34(29)41)22-25-14-8-6-9-15-25/h7,10-13,16-17,19-20,24-25,27-29H,4-6,8-9,14-15,18,21-23H2,1-3H3,(H2,35,39)(H,36,40)/t27-,28+,29?/m0/s1. The molecular weight excluding hydrogens is 512 g/mol. The number of rotatable bonds is 12. The fourth-order valence-corrected chi connectivity index (χ4v) is 6.57. The van der Waals surface area contributed by atoms with Crippen LogP contribution in [0.15, 0.2) is 54.6 Å². The normalized spacial score (nSPS) is 19.4. The molecule has 2 aliphatic rings. The molecule has 2 aromatic rings. The molecule has 3 atom stereocenters. The summed E-state index contributed by atoms with van der Waals surface area (Å²) in [6.07, 6.45) is 8.70. The molecule has 1 unspecified atom stereocenters. The Labute approximate surface area is 245 Å². The average Bonchev–Trinajstić information content (AvgIpc) is 3.08. The highest BCUT2D eigenvalue weighted by molar-refractivity contribution is 6.04. The van der Waals surface area contributed by atoms with Gasteiger partial charge in [0.1, 0.15) is 6.04 Å². The molecule has 0 bridgehead atoms. The Morgan fingerprint density at radius 2 is 1.61 bits per heavy atom. The highest BCUT2D eigenvalue weighted by Crippen LogP contribution is 2.39. The number of nitrogens with two attached hydrogens (primary N) is 1. The number of nitrogens with one attached hydrogen (secondary N) is 1. The molecule has 1 heterocycles. The van der Waals surface area contributed by atoms with Gasteiger partial charge in [0, 0.05) is 24.1 Å². The number of amides is 3. The molecule has 0 radical (unpaired) electrons. The zero-order valence-electron chi connectivity index (χ0n) is 25.1. The van der Waals surface area contributed by atoms with Crippen molar-refractivity contribution in [2.75, 3.05) is 22.9 Å². The van der Waals surface area contributed by atoms with Crippen LogP contribution in [0.4, 0.5) is 17.1 Å². The van der Waals surface area contributed by atoms with E-state index in [1.54, 1.807) is 0 Å². The van der Waals surface area contributed by atoms with Crippen molar-refractivity contribution in [1.82, 2.24) is 5.32 Å². The van der Waals surface area contributed by atoms with Gasteiger partial charge in [0.15, 0.2) is 0 Å². The van der Waals surface area contributed by atoms with Crippen LogP contribution in [-0.4, -0.2) is 36.9 Å². The van der Waals surface area contributed by atoms with Crippen LogP contribution in [0.5, 0.6) is 0 Å². The third-order valence-electron chi connectivity index (χ3n) is 8.72.